The van der Waals surface area contributed by atoms with Gasteiger partial charge in [0.05, 0.1) is 8.07 Å². The molecule has 0 bridgehead atoms. The van der Waals surface area contributed by atoms with Gasteiger partial charge in [0.1, 0.15) is 0 Å². The zero-order valence-corrected chi connectivity index (χ0v) is 15.1. The third-order valence-electron chi connectivity index (χ3n) is 4.89. The summed E-state index contributed by atoms with van der Waals surface area (Å²) in [7, 11) is -1.27. The van der Waals surface area contributed by atoms with E-state index in [1.807, 2.05) is 0 Å². The lowest BCUT2D eigenvalue weighted by atomic mass is 10.1. The SMILES string of the molecule is C=CC(C1=NCCCCCCC1)[Si](C)(CCC)CCC. The molecule has 2 heteroatoms. The second-order valence-electron chi connectivity index (χ2n) is 6.76. The molecule has 1 aliphatic rings. The molecule has 0 fully saturated rings. The second kappa shape index (κ2) is 9.54. The highest BCUT2D eigenvalue weighted by Crippen LogP contribution is 2.36. The van der Waals surface area contributed by atoms with Crippen molar-refractivity contribution in [3.63, 3.8) is 0 Å². The number of nitrogens with zero attached hydrogens (tertiary/aromatic N) is 1. The highest BCUT2D eigenvalue weighted by atomic mass is 28.3. The third kappa shape index (κ3) is 5.20. The first-order chi connectivity index (χ1) is 9.68. The fourth-order valence-corrected chi connectivity index (χ4v) is 8.67. The van der Waals surface area contributed by atoms with Crippen molar-refractivity contribution in [3.8, 4) is 0 Å². The molecule has 1 unspecified atom stereocenters. The van der Waals surface area contributed by atoms with Crippen LogP contribution < -0.4 is 0 Å². The van der Waals surface area contributed by atoms with E-state index in [0.717, 1.165) is 6.54 Å². The summed E-state index contributed by atoms with van der Waals surface area (Å²) in [4.78, 5) is 5.03. The average molecular weight is 294 g/mol. The van der Waals surface area contributed by atoms with Gasteiger partial charge in [-0.25, -0.2) is 0 Å². The molecule has 0 aromatic carbocycles. The molecule has 0 aliphatic carbocycles. The number of aliphatic imine (C=N–C) groups is 1. The minimum atomic E-state index is -1.27. The van der Waals surface area contributed by atoms with Gasteiger partial charge >= 0.3 is 0 Å². The normalized spacial score (nSPS) is 19.4. The predicted octanol–water partition coefficient (Wildman–Crippen LogP) is 6.24. The smallest absolute Gasteiger partial charge is 0.0641 e. The summed E-state index contributed by atoms with van der Waals surface area (Å²) in [5.74, 6) is 0. The van der Waals surface area contributed by atoms with Gasteiger partial charge in [-0.3, -0.25) is 4.99 Å². The summed E-state index contributed by atoms with van der Waals surface area (Å²) < 4.78 is 0. The number of hydrogen-bond donors (Lipinski definition) is 0. The highest BCUT2D eigenvalue weighted by Gasteiger charge is 2.35. The zero-order chi connectivity index (χ0) is 14.8. The van der Waals surface area contributed by atoms with Crippen molar-refractivity contribution in [2.45, 2.75) is 89.4 Å². The largest absolute Gasteiger partial charge is 0.294 e. The van der Waals surface area contributed by atoms with Gasteiger partial charge in [0.2, 0.25) is 0 Å². The van der Waals surface area contributed by atoms with Crippen molar-refractivity contribution >= 4 is 13.8 Å². The summed E-state index contributed by atoms with van der Waals surface area (Å²) >= 11 is 0. The topological polar surface area (TPSA) is 12.4 Å². The Kier molecular flexibility index (Phi) is 8.43. The van der Waals surface area contributed by atoms with E-state index in [2.05, 4.69) is 33.0 Å². The van der Waals surface area contributed by atoms with Crippen LogP contribution in [0.15, 0.2) is 17.6 Å². The maximum atomic E-state index is 5.03. The second-order valence-corrected chi connectivity index (χ2v) is 11.7. The van der Waals surface area contributed by atoms with Gasteiger partial charge in [-0.2, -0.15) is 0 Å². The molecular formula is C18H35NSi. The summed E-state index contributed by atoms with van der Waals surface area (Å²) in [6.07, 6.45) is 12.9. The van der Waals surface area contributed by atoms with E-state index in [9.17, 15) is 0 Å². The molecule has 1 nitrogen and oxygen atoms in total. The number of allylic oxidation sites excluding steroid dienone is 1. The molecule has 116 valence electrons. The predicted molar refractivity (Wildman–Crippen MR) is 95.8 cm³/mol. The Morgan fingerprint density at radius 2 is 1.70 bits per heavy atom. The summed E-state index contributed by atoms with van der Waals surface area (Å²) in [6, 6.07) is 2.85. The van der Waals surface area contributed by atoms with Crippen molar-refractivity contribution in [2.75, 3.05) is 6.54 Å². The van der Waals surface area contributed by atoms with Crippen LogP contribution in [0.3, 0.4) is 0 Å². The summed E-state index contributed by atoms with van der Waals surface area (Å²) in [5.41, 5.74) is 2.14. The van der Waals surface area contributed by atoms with E-state index in [4.69, 9.17) is 4.99 Å². The maximum absolute atomic E-state index is 5.03. The molecule has 1 atom stereocenters. The maximum Gasteiger partial charge on any atom is 0.0641 e. The molecule has 1 rings (SSSR count). The lowest BCUT2D eigenvalue weighted by molar-refractivity contribution is 0.639. The molecule has 0 saturated carbocycles. The van der Waals surface area contributed by atoms with Gasteiger partial charge in [-0.05, 0) is 19.3 Å². The molecule has 0 saturated heterocycles. The van der Waals surface area contributed by atoms with Crippen molar-refractivity contribution in [1.29, 1.82) is 0 Å². The molecule has 1 heterocycles. The zero-order valence-electron chi connectivity index (χ0n) is 14.1. The van der Waals surface area contributed by atoms with Gasteiger partial charge in [-0.15, -0.1) is 6.58 Å². The molecule has 0 aromatic rings. The van der Waals surface area contributed by atoms with Gasteiger partial charge < -0.3 is 0 Å². The lowest BCUT2D eigenvalue weighted by Crippen LogP contribution is -2.39. The van der Waals surface area contributed by atoms with Crippen molar-refractivity contribution in [1.82, 2.24) is 0 Å². The van der Waals surface area contributed by atoms with Crippen molar-refractivity contribution in [2.24, 2.45) is 4.99 Å². The van der Waals surface area contributed by atoms with E-state index in [0.29, 0.717) is 5.54 Å². The summed E-state index contributed by atoms with van der Waals surface area (Å²) in [6.45, 7) is 12.5. The Labute approximate surface area is 128 Å². The Morgan fingerprint density at radius 3 is 2.30 bits per heavy atom. The molecule has 0 aromatic heterocycles. The van der Waals surface area contributed by atoms with Crippen LogP contribution in [0.5, 0.6) is 0 Å². The van der Waals surface area contributed by atoms with Crippen LogP contribution in [-0.4, -0.2) is 20.3 Å². The molecule has 20 heavy (non-hydrogen) atoms. The molecule has 0 spiro atoms. The monoisotopic (exact) mass is 293 g/mol. The average Bonchev–Trinajstić information content (AvgIpc) is 2.54. The van der Waals surface area contributed by atoms with Crippen LogP contribution in [0.2, 0.25) is 24.2 Å². The Hall–Kier alpha value is -0.373. The first-order valence-electron chi connectivity index (χ1n) is 8.83. The van der Waals surface area contributed by atoms with Gasteiger partial charge in [0, 0.05) is 17.8 Å². The van der Waals surface area contributed by atoms with Crippen LogP contribution in [0.25, 0.3) is 0 Å². The quantitative estimate of drug-likeness (QED) is 0.389. The van der Waals surface area contributed by atoms with Crippen molar-refractivity contribution < 1.29 is 0 Å². The van der Waals surface area contributed by atoms with Gasteiger partial charge in [-0.1, -0.05) is 70.7 Å². The molecule has 0 radical (unpaired) electrons. The van der Waals surface area contributed by atoms with E-state index in [1.165, 1.54) is 69.2 Å². The van der Waals surface area contributed by atoms with Crippen LogP contribution in [0, 0.1) is 0 Å². The lowest BCUT2D eigenvalue weighted by Gasteiger charge is -2.35. The van der Waals surface area contributed by atoms with Crippen LogP contribution in [-0.2, 0) is 0 Å². The Balaban J connectivity index is 2.90. The Bertz CT molecular complexity index is 303. The highest BCUT2D eigenvalue weighted by molar-refractivity contribution is 6.83. The van der Waals surface area contributed by atoms with E-state index in [-0.39, 0.29) is 0 Å². The first-order valence-corrected chi connectivity index (χ1v) is 11.8. The van der Waals surface area contributed by atoms with E-state index < -0.39 is 8.07 Å². The summed E-state index contributed by atoms with van der Waals surface area (Å²) in [5, 5.41) is 0. The third-order valence-corrected chi connectivity index (χ3v) is 10.2. The fraction of sp³-hybridized carbons (Fsp3) is 0.833. The van der Waals surface area contributed by atoms with E-state index in [1.54, 1.807) is 0 Å². The van der Waals surface area contributed by atoms with Crippen LogP contribution >= 0.6 is 0 Å². The van der Waals surface area contributed by atoms with Gasteiger partial charge in [0.15, 0.2) is 0 Å². The number of hydrogen-bond acceptors (Lipinski definition) is 1. The molecular weight excluding hydrogens is 258 g/mol. The number of rotatable bonds is 7. The minimum absolute atomic E-state index is 0.625. The standard InChI is InChI=1S/C18H35NSi/c1-5-15-20(4,16-6-2)18(7-3)17-13-11-9-8-10-12-14-19-17/h7,18H,3,5-6,8-16H2,1-2,4H3. The Morgan fingerprint density at radius 1 is 1.10 bits per heavy atom. The fourth-order valence-electron chi connectivity index (χ4n) is 3.90. The van der Waals surface area contributed by atoms with Crippen LogP contribution in [0.1, 0.15) is 65.2 Å². The van der Waals surface area contributed by atoms with Crippen LogP contribution in [0.4, 0.5) is 0 Å². The molecule has 0 amide bonds. The first kappa shape index (κ1) is 17.7. The molecule has 1 aliphatic heterocycles. The minimum Gasteiger partial charge on any atom is -0.294 e. The van der Waals surface area contributed by atoms with Gasteiger partial charge in [0.25, 0.3) is 0 Å². The molecule has 0 N–H and O–H groups in total. The van der Waals surface area contributed by atoms with E-state index >= 15 is 0 Å². The van der Waals surface area contributed by atoms with Crippen molar-refractivity contribution in [3.05, 3.63) is 12.7 Å².